The highest BCUT2D eigenvalue weighted by atomic mass is 19.4. The minimum Gasteiger partial charge on any atom is -0.314 e. The molecule has 1 aliphatic heterocycles. The Balaban J connectivity index is 1.64. The molecular weight excluding hydrogens is 387 g/mol. The summed E-state index contributed by atoms with van der Waals surface area (Å²) in [6.45, 7) is 1.39. The fourth-order valence-corrected chi connectivity index (χ4v) is 3.46. The van der Waals surface area contributed by atoms with Crippen molar-refractivity contribution in [2.75, 3.05) is 17.0 Å². The number of hydrogen-bond acceptors (Lipinski definition) is 5. The van der Waals surface area contributed by atoms with Gasteiger partial charge in [0.25, 0.3) is 5.91 Å². The van der Waals surface area contributed by atoms with Gasteiger partial charge in [-0.25, -0.2) is 15.0 Å². The lowest BCUT2D eigenvalue weighted by atomic mass is 9.88. The van der Waals surface area contributed by atoms with Crippen LogP contribution in [0.25, 0.3) is 0 Å². The normalized spacial score (nSPS) is 18.2. The lowest BCUT2D eigenvalue weighted by Gasteiger charge is -2.28. The van der Waals surface area contributed by atoms with Gasteiger partial charge in [0, 0.05) is 18.4 Å². The van der Waals surface area contributed by atoms with E-state index in [1.807, 2.05) is 18.2 Å². The number of amides is 2. The van der Waals surface area contributed by atoms with E-state index < -0.39 is 29.7 Å². The molecule has 0 radical (unpaired) electrons. The number of benzene rings is 1. The van der Waals surface area contributed by atoms with Crippen LogP contribution >= 0.6 is 0 Å². The minimum atomic E-state index is -4.67. The van der Waals surface area contributed by atoms with E-state index in [4.69, 9.17) is 0 Å². The highest BCUT2D eigenvalue weighted by Crippen LogP contribution is 2.31. The second kappa shape index (κ2) is 6.71. The van der Waals surface area contributed by atoms with Crippen molar-refractivity contribution in [3.8, 4) is 0 Å². The summed E-state index contributed by atoms with van der Waals surface area (Å²) < 4.78 is 39.4. The molecule has 4 rings (SSSR count). The lowest BCUT2D eigenvalue weighted by Crippen LogP contribution is -2.48. The van der Waals surface area contributed by atoms with Gasteiger partial charge in [-0.3, -0.25) is 15.0 Å². The Morgan fingerprint density at radius 3 is 2.55 bits per heavy atom. The molecule has 29 heavy (non-hydrogen) atoms. The number of likely N-dealkylation sites (N-methyl/N-ethyl adjacent to an activating group) is 1. The zero-order valence-electron chi connectivity index (χ0n) is 15.7. The van der Waals surface area contributed by atoms with E-state index >= 15 is 0 Å². The number of hydrogen-bond donors (Lipinski definition) is 1. The van der Waals surface area contributed by atoms with Crippen molar-refractivity contribution in [1.82, 2.24) is 15.4 Å². The second-order valence-electron chi connectivity index (χ2n) is 7.17. The molecular formula is C19H18F3N5O2. The Bertz CT molecular complexity index is 1010. The summed E-state index contributed by atoms with van der Waals surface area (Å²) in [6, 6.07) is 5.44. The van der Waals surface area contributed by atoms with Crippen molar-refractivity contribution in [2.24, 2.45) is 0 Å². The van der Waals surface area contributed by atoms with Gasteiger partial charge in [0.05, 0.1) is 6.42 Å². The van der Waals surface area contributed by atoms with Crippen LogP contribution in [0.1, 0.15) is 28.9 Å². The molecule has 1 atom stereocenters. The maximum atomic E-state index is 13.1. The topological polar surface area (TPSA) is 78.4 Å². The maximum absolute atomic E-state index is 13.1. The highest BCUT2D eigenvalue weighted by Gasteiger charge is 2.41. The van der Waals surface area contributed by atoms with Gasteiger partial charge < -0.3 is 4.90 Å². The molecule has 1 aromatic heterocycles. The number of carbonyl (C=O) groups is 2. The van der Waals surface area contributed by atoms with Gasteiger partial charge in [0.1, 0.15) is 11.7 Å². The van der Waals surface area contributed by atoms with Crippen molar-refractivity contribution < 1.29 is 22.8 Å². The summed E-state index contributed by atoms with van der Waals surface area (Å²) in [7, 11) is 1.57. The van der Waals surface area contributed by atoms with E-state index in [0.717, 1.165) is 29.5 Å². The molecule has 152 valence electrons. The van der Waals surface area contributed by atoms with Gasteiger partial charge in [-0.15, -0.1) is 0 Å². The van der Waals surface area contributed by atoms with Crippen LogP contribution in [0.2, 0.25) is 0 Å². The van der Waals surface area contributed by atoms with Crippen molar-refractivity contribution >= 4 is 23.5 Å². The number of anilines is 2. The van der Waals surface area contributed by atoms with Crippen LogP contribution in [0.4, 0.5) is 24.8 Å². The Morgan fingerprint density at radius 1 is 1.21 bits per heavy atom. The molecule has 2 aliphatic rings. The third kappa shape index (κ3) is 3.50. The standard InChI is InChI=1S/C19H18F3N5O2/c1-10-7-15(19(20,21)22)24-18(23-10)27-14(9-16(28)25-27)17(29)26(2)13-6-5-11-3-4-12(11)8-13/h5-8,14H,3-4,9H2,1-2H3,(H,25,28). The van der Waals surface area contributed by atoms with Crippen molar-refractivity contribution in [2.45, 2.75) is 38.4 Å². The zero-order valence-corrected chi connectivity index (χ0v) is 15.7. The number of alkyl halides is 3. The number of carbonyl (C=O) groups excluding carboxylic acids is 2. The third-order valence-corrected chi connectivity index (χ3v) is 5.14. The van der Waals surface area contributed by atoms with Gasteiger partial charge >= 0.3 is 6.18 Å². The van der Waals surface area contributed by atoms with Crippen LogP contribution < -0.4 is 15.3 Å². The van der Waals surface area contributed by atoms with Crippen LogP contribution in [0.3, 0.4) is 0 Å². The predicted octanol–water partition coefficient (Wildman–Crippen LogP) is 2.18. The largest absolute Gasteiger partial charge is 0.433 e. The predicted molar refractivity (Wildman–Crippen MR) is 98.1 cm³/mol. The quantitative estimate of drug-likeness (QED) is 0.847. The molecule has 1 aromatic carbocycles. The summed E-state index contributed by atoms with van der Waals surface area (Å²) in [4.78, 5) is 34.0. The number of hydrazine groups is 1. The Hall–Kier alpha value is -3.17. The van der Waals surface area contributed by atoms with Crippen LogP contribution in [0.15, 0.2) is 24.3 Å². The molecule has 2 aromatic rings. The molecule has 10 heteroatoms. The molecule has 1 unspecified atom stereocenters. The van der Waals surface area contributed by atoms with Gasteiger partial charge in [0.15, 0.2) is 0 Å². The van der Waals surface area contributed by atoms with Gasteiger partial charge in [0.2, 0.25) is 11.9 Å². The van der Waals surface area contributed by atoms with Crippen molar-refractivity contribution in [1.29, 1.82) is 0 Å². The number of fused-ring (bicyclic) bond motifs is 1. The SMILES string of the molecule is Cc1cc(C(F)(F)F)nc(N2NC(=O)CC2C(=O)N(C)c2ccc3c(c2)CC3)n1. The lowest BCUT2D eigenvalue weighted by molar-refractivity contribution is -0.141. The number of nitrogens with one attached hydrogen (secondary N) is 1. The molecule has 0 bridgehead atoms. The molecule has 2 amide bonds. The van der Waals surface area contributed by atoms with Crippen LogP contribution in [-0.2, 0) is 28.6 Å². The first kappa shape index (κ1) is 19.2. The van der Waals surface area contributed by atoms with Gasteiger partial charge in [-0.05, 0) is 49.1 Å². The van der Waals surface area contributed by atoms with E-state index in [2.05, 4.69) is 15.4 Å². The average Bonchev–Trinajstić information content (AvgIpc) is 3.02. The average molecular weight is 405 g/mol. The summed E-state index contributed by atoms with van der Waals surface area (Å²) in [5.74, 6) is -1.30. The fourth-order valence-electron chi connectivity index (χ4n) is 3.46. The molecule has 1 aliphatic carbocycles. The van der Waals surface area contributed by atoms with Crippen molar-refractivity contribution in [3.05, 3.63) is 46.8 Å². The number of aryl methyl sites for hydroxylation is 3. The first-order valence-electron chi connectivity index (χ1n) is 9.04. The molecule has 1 N–H and O–H groups in total. The summed E-state index contributed by atoms with van der Waals surface area (Å²) in [5.41, 5.74) is 4.40. The van der Waals surface area contributed by atoms with E-state index in [0.29, 0.717) is 5.69 Å². The molecule has 0 saturated carbocycles. The maximum Gasteiger partial charge on any atom is 0.433 e. The summed E-state index contributed by atoms with van der Waals surface area (Å²) in [6.07, 6.45) is -2.92. The minimum absolute atomic E-state index is 0.0744. The molecule has 1 saturated heterocycles. The Kier molecular flexibility index (Phi) is 4.44. The number of nitrogens with zero attached hydrogens (tertiary/aromatic N) is 4. The molecule has 2 heterocycles. The first-order valence-corrected chi connectivity index (χ1v) is 9.04. The smallest absolute Gasteiger partial charge is 0.314 e. The fraction of sp³-hybridized carbons (Fsp3) is 0.368. The summed E-state index contributed by atoms with van der Waals surface area (Å²) >= 11 is 0. The highest BCUT2D eigenvalue weighted by molar-refractivity contribution is 6.03. The Labute approximate surface area is 164 Å². The molecule has 1 fully saturated rings. The Morgan fingerprint density at radius 2 is 1.93 bits per heavy atom. The third-order valence-electron chi connectivity index (χ3n) is 5.14. The number of rotatable bonds is 3. The van der Waals surface area contributed by atoms with Gasteiger partial charge in [-0.1, -0.05) is 6.07 Å². The molecule has 7 nitrogen and oxygen atoms in total. The van der Waals surface area contributed by atoms with Gasteiger partial charge in [-0.2, -0.15) is 13.2 Å². The first-order chi connectivity index (χ1) is 13.6. The number of halogens is 3. The van der Waals surface area contributed by atoms with Crippen LogP contribution in [-0.4, -0.2) is 34.9 Å². The van der Waals surface area contributed by atoms with E-state index in [-0.39, 0.29) is 18.1 Å². The molecule has 0 spiro atoms. The van der Waals surface area contributed by atoms with Crippen LogP contribution in [0, 0.1) is 6.92 Å². The van der Waals surface area contributed by atoms with Crippen LogP contribution in [0.5, 0.6) is 0 Å². The van der Waals surface area contributed by atoms with E-state index in [1.165, 1.54) is 17.4 Å². The van der Waals surface area contributed by atoms with Crippen molar-refractivity contribution in [3.63, 3.8) is 0 Å². The zero-order chi connectivity index (χ0) is 20.9. The van der Waals surface area contributed by atoms with E-state index in [9.17, 15) is 22.8 Å². The number of aromatic nitrogens is 2. The monoisotopic (exact) mass is 405 g/mol. The van der Waals surface area contributed by atoms with E-state index in [1.54, 1.807) is 7.05 Å². The second-order valence-corrected chi connectivity index (χ2v) is 7.17. The summed E-state index contributed by atoms with van der Waals surface area (Å²) in [5, 5.41) is 1.02.